The lowest BCUT2D eigenvalue weighted by Crippen LogP contribution is -2.12. The van der Waals surface area contributed by atoms with Crippen molar-refractivity contribution < 1.29 is 9.90 Å². The Hall–Kier alpha value is -2.01. The molecule has 0 bridgehead atoms. The van der Waals surface area contributed by atoms with E-state index in [4.69, 9.17) is 17.3 Å². The monoisotopic (exact) mass is 253 g/mol. The summed E-state index contributed by atoms with van der Waals surface area (Å²) in [7, 11) is 1.70. The van der Waals surface area contributed by atoms with Gasteiger partial charge in [0.1, 0.15) is 11.6 Å². The number of phenolic OH excluding ortho intramolecular Hbond substituents is 1. The number of nitrogens with two attached hydrogens (primary N) is 1. The first kappa shape index (κ1) is 13.1. The Morgan fingerprint density at radius 3 is 2.82 bits per heavy atom. The molecule has 0 radical (unpaired) electrons. The van der Waals surface area contributed by atoms with Crippen LogP contribution >= 0.6 is 11.6 Å². The highest BCUT2D eigenvalue weighted by atomic mass is 35.5. The summed E-state index contributed by atoms with van der Waals surface area (Å²) in [5.74, 6) is -0.606. The van der Waals surface area contributed by atoms with E-state index in [-0.39, 0.29) is 22.2 Å². The molecule has 0 fully saturated rings. The van der Waals surface area contributed by atoms with Crippen molar-refractivity contribution in [1.29, 1.82) is 0 Å². The SMILES string of the molecule is CN/C=C\C(N)=NC(=O)c1cc(O)cc(Cl)c1. The quantitative estimate of drug-likeness (QED) is 0.559. The standard InChI is InChI=1S/C11H12ClN3O2/c1-14-3-2-10(13)15-11(17)7-4-8(12)6-9(16)5-7/h2-6,14,16H,1H3,(H2,13,15,17)/b3-2-. The number of aromatic hydroxyl groups is 1. The van der Waals surface area contributed by atoms with Crippen LogP contribution in [-0.2, 0) is 0 Å². The minimum Gasteiger partial charge on any atom is -0.508 e. The summed E-state index contributed by atoms with van der Waals surface area (Å²) in [5, 5.41) is 12.3. The number of nitrogens with zero attached hydrogens (tertiary/aromatic N) is 1. The van der Waals surface area contributed by atoms with Crippen molar-refractivity contribution in [2.75, 3.05) is 7.05 Å². The Labute approximate surface area is 104 Å². The Balaban J connectivity index is 2.93. The molecule has 0 saturated carbocycles. The molecule has 0 aliphatic carbocycles. The maximum atomic E-state index is 11.6. The van der Waals surface area contributed by atoms with Gasteiger partial charge >= 0.3 is 0 Å². The van der Waals surface area contributed by atoms with Gasteiger partial charge in [0.25, 0.3) is 5.91 Å². The Morgan fingerprint density at radius 1 is 1.53 bits per heavy atom. The number of phenols is 1. The fraction of sp³-hybridized carbons (Fsp3) is 0.0909. The molecular formula is C11H12ClN3O2. The van der Waals surface area contributed by atoms with Crippen molar-refractivity contribution in [2.24, 2.45) is 10.7 Å². The lowest BCUT2D eigenvalue weighted by atomic mass is 10.2. The molecule has 0 aliphatic rings. The van der Waals surface area contributed by atoms with Gasteiger partial charge in [-0.1, -0.05) is 11.6 Å². The van der Waals surface area contributed by atoms with Gasteiger partial charge in [0.05, 0.1) is 0 Å². The lowest BCUT2D eigenvalue weighted by molar-refractivity contribution is 0.100. The van der Waals surface area contributed by atoms with E-state index in [1.54, 1.807) is 13.2 Å². The number of hydrogen-bond donors (Lipinski definition) is 3. The van der Waals surface area contributed by atoms with Crippen LogP contribution in [0.2, 0.25) is 5.02 Å². The fourth-order valence-corrected chi connectivity index (χ4v) is 1.31. The molecule has 1 aromatic carbocycles. The van der Waals surface area contributed by atoms with Gasteiger partial charge < -0.3 is 16.2 Å². The molecule has 0 unspecified atom stereocenters. The van der Waals surface area contributed by atoms with Gasteiger partial charge in [-0.3, -0.25) is 4.79 Å². The molecule has 17 heavy (non-hydrogen) atoms. The van der Waals surface area contributed by atoms with Crippen molar-refractivity contribution >= 4 is 23.3 Å². The molecule has 0 atom stereocenters. The molecule has 6 heteroatoms. The van der Waals surface area contributed by atoms with Crippen LogP contribution in [0, 0.1) is 0 Å². The van der Waals surface area contributed by atoms with Crippen LogP contribution in [0.15, 0.2) is 35.5 Å². The molecule has 5 nitrogen and oxygen atoms in total. The van der Waals surface area contributed by atoms with E-state index in [9.17, 15) is 9.90 Å². The third-order valence-electron chi connectivity index (χ3n) is 1.78. The molecule has 0 saturated heterocycles. The van der Waals surface area contributed by atoms with Crippen LogP contribution in [0.5, 0.6) is 5.75 Å². The lowest BCUT2D eigenvalue weighted by Gasteiger charge is -1.99. The maximum Gasteiger partial charge on any atom is 0.279 e. The van der Waals surface area contributed by atoms with E-state index in [0.29, 0.717) is 0 Å². The number of hydrogen-bond acceptors (Lipinski definition) is 3. The summed E-state index contributed by atoms with van der Waals surface area (Å²) >= 11 is 5.70. The van der Waals surface area contributed by atoms with Crippen LogP contribution in [0.3, 0.4) is 0 Å². The topological polar surface area (TPSA) is 87.7 Å². The predicted molar refractivity (Wildman–Crippen MR) is 67.3 cm³/mol. The average Bonchev–Trinajstić information content (AvgIpc) is 2.25. The highest BCUT2D eigenvalue weighted by Crippen LogP contribution is 2.20. The van der Waals surface area contributed by atoms with E-state index >= 15 is 0 Å². The summed E-state index contributed by atoms with van der Waals surface area (Å²) in [4.78, 5) is 15.3. The molecule has 4 N–H and O–H groups in total. The van der Waals surface area contributed by atoms with Crippen molar-refractivity contribution in [1.82, 2.24) is 5.32 Å². The molecule has 1 amide bonds. The van der Waals surface area contributed by atoms with Crippen molar-refractivity contribution in [3.63, 3.8) is 0 Å². The van der Waals surface area contributed by atoms with Crippen LogP contribution in [0.1, 0.15) is 10.4 Å². The normalized spacial score (nSPS) is 11.8. The van der Waals surface area contributed by atoms with E-state index in [1.165, 1.54) is 24.3 Å². The molecule has 1 rings (SSSR count). The highest BCUT2D eigenvalue weighted by molar-refractivity contribution is 6.31. The number of rotatable bonds is 3. The second-order valence-corrected chi connectivity index (χ2v) is 3.60. The number of benzene rings is 1. The summed E-state index contributed by atoms with van der Waals surface area (Å²) in [6.45, 7) is 0. The molecule has 0 aliphatic heterocycles. The third-order valence-corrected chi connectivity index (χ3v) is 2.00. The van der Waals surface area contributed by atoms with Gasteiger partial charge in [-0.2, -0.15) is 4.99 Å². The van der Waals surface area contributed by atoms with Gasteiger partial charge in [0.2, 0.25) is 0 Å². The fourth-order valence-electron chi connectivity index (χ4n) is 1.09. The Morgan fingerprint density at radius 2 is 2.24 bits per heavy atom. The van der Waals surface area contributed by atoms with Crippen LogP contribution in [-0.4, -0.2) is 23.9 Å². The smallest absolute Gasteiger partial charge is 0.279 e. The Bertz CT molecular complexity index is 463. The first-order valence-electron chi connectivity index (χ1n) is 4.75. The van der Waals surface area contributed by atoms with Gasteiger partial charge in [0, 0.05) is 17.6 Å². The minimum atomic E-state index is -0.568. The number of amides is 1. The largest absolute Gasteiger partial charge is 0.508 e. The third kappa shape index (κ3) is 4.16. The molecular weight excluding hydrogens is 242 g/mol. The predicted octanol–water partition coefficient (Wildman–Crippen LogP) is 1.28. The van der Waals surface area contributed by atoms with Crippen molar-refractivity contribution in [3.8, 4) is 5.75 Å². The summed E-state index contributed by atoms with van der Waals surface area (Å²) in [6, 6.07) is 4.00. The van der Waals surface area contributed by atoms with Crippen molar-refractivity contribution in [3.05, 3.63) is 41.1 Å². The number of carbonyl (C=O) groups excluding carboxylic acids is 1. The van der Waals surface area contributed by atoms with Gasteiger partial charge in [0.15, 0.2) is 0 Å². The van der Waals surface area contributed by atoms with Gasteiger partial charge in [-0.25, -0.2) is 0 Å². The van der Waals surface area contributed by atoms with E-state index in [0.717, 1.165) is 0 Å². The van der Waals surface area contributed by atoms with Gasteiger partial charge in [-0.05, 0) is 30.5 Å². The molecule has 90 valence electrons. The minimum absolute atomic E-state index is 0.0591. The first-order valence-corrected chi connectivity index (χ1v) is 5.12. The number of aliphatic imine (C=N–C) groups is 1. The summed E-state index contributed by atoms with van der Waals surface area (Å²) < 4.78 is 0. The number of halogens is 1. The first-order chi connectivity index (χ1) is 8.02. The second kappa shape index (κ2) is 5.91. The zero-order chi connectivity index (χ0) is 12.8. The van der Waals surface area contributed by atoms with Crippen LogP contribution in [0.4, 0.5) is 0 Å². The Kier molecular flexibility index (Phi) is 4.54. The molecule has 0 spiro atoms. The van der Waals surface area contributed by atoms with Gasteiger partial charge in [-0.15, -0.1) is 0 Å². The zero-order valence-corrected chi connectivity index (χ0v) is 9.90. The van der Waals surface area contributed by atoms with Crippen LogP contribution < -0.4 is 11.1 Å². The number of carbonyl (C=O) groups is 1. The summed E-state index contributed by atoms with van der Waals surface area (Å²) in [6.07, 6.45) is 2.99. The number of nitrogens with one attached hydrogen (secondary N) is 1. The summed E-state index contributed by atoms with van der Waals surface area (Å²) in [5.41, 5.74) is 5.66. The second-order valence-electron chi connectivity index (χ2n) is 3.16. The number of amidine groups is 1. The maximum absolute atomic E-state index is 11.6. The van der Waals surface area contributed by atoms with Crippen LogP contribution in [0.25, 0.3) is 0 Å². The van der Waals surface area contributed by atoms with E-state index in [2.05, 4.69) is 10.3 Å². The zero-order valence-electron chi connectivity index (χ0n) is 9.14. The van der Waals surface area contributed by atoms with E-state index < -0.39 is 5.91 Å². The molecule has 0 aromatic heterocycles. The van der Waals surface area contributed by atoms with Crippen molar-refractivity contribution in [2.45, 2.75) is 0 Å². The van der Waals surface area contributed by atoms with E-state index in [1.807, 2.05) is 0 Å². The molecule has 1 aromatic rings. The highest BCUT2D eigenvalue weighted by Gasteiger charge is 2.07. The average molecular weight is 254 g/mol. The molecule has 0 heterocycles.